The van der Waals surface area contributed by atoms with Crippen molar-refractivity contribution in [2.75, 3.05) is 47.4 Å². The molecule has 0 aliphatic rings. The molecule has 4 heteroatoms. The lowest BCUT2D eigenvalue weighted by atomic mass is 10.2. The molecule has 1 atom stereocenters. The third-order valence-electron chi connectivity index (χ3n) is 2.34. The zero-order chi connectivity index (χ0) is 11.8. The maximum Gasteiger partial charge on any atom is 0.172 e. The van der Waals surface area contributed by atoms with Crippen molar-refractivity contribution in [2.24, 2.45) is 0 Å². The lowest BCUT2D eigenvalue weighted by molar-refractivity contribution is -0.124. The molecule has 15 heavy (non-hydrogen) atoms. The Bertz CT molecular complexity index is 183. The van der Waals surface area contributed by atoms with Crippen LogP contribution in [0.5, 0.6) is 0 Å². The fourth-order valence-corrected chi connectivity index (χ4v) is 1.66. The van der Waals surface area contributed by atoms with E-state index in [4.69, 9.17) is 4.74 Å². The van der Waals surface area contributed by atoms with E-state index in [-0.39, 0.29) is 12.4 Å². The Morgan fingerprint density at radius 2 is 2.00 bits per heavy atom. The van der Waals surface area contributed by atoms with Crippen molar-refractivity contribution < 1.29 is 9.53 Å². The van der Waals surface area contributed by atoms with Crippen molar-refractivity contribution in [3.63, 3.8) is 0 Å². The van der Waals surface area contributed by atoms with E-state index in [0.29, 0.717) is 12.6 Å². The first-order valence-corrected chi connectivity index (χ1v) is 5.40. The summed E-state index contributed by atoms with van der Waals surface area (Å²) >= 11 is 0. The van der Waals surface area contributed by atoms with E-state index in [1.165, 1.54) is 0 Å². The molecule has 0 aromatic rings. The third kappa shape index (κ3) is 6.60. The van der Waals surface area contributed by atoms with Crippen molar-refractivity contribution in [2.45, 2.75) is 19.9 Å². The van der Waals surface area contributed by atoms with Gasteiger partial charge in [-0.2, -0.15) is 0 Å². The summed E-state index contributed by atoms with van der Waals surface area (Å²) in [5.41, 5.74) is 0. The van der Waals surface area contributed by atoms with Gasteiger partial charge in [0.2, 0.25) is 0 Å². The smallest absolute Gasteiger partial charge is 0.172 e. The number of ether oxygens (including phenoxy) is 1. The number of ketones is 1. The molecule has 0 saturated carbocycles. The van der Waals surface area contributed by atoms with Crippen LogP contribution >= 0.6 is 0 Å². The highest BCUT2D eigenvalue weighted by molar-refractivity contribution is 5.81. The zero-order valence-corrected chi connectivity index (χ0v) is 10.6. The van der Waals surface area contributed by atoms with E-state index in [9.17, 15) is 4.79 Å². The van der Waals surface area contributed by atoms with Crippen LogP contribution in [-0.2, 0) is 9.53 Å². The van der Waals surface area contributed by atoms with E-state index < -0.39 is 0 Å². The molecule has 0 amide bonds. The van der Waals surface area contributed by atoms with Crippen LogP contribution in [0.3, 0.4) is 0 Å². The zero-order valence-electron chi connectivity index (χ0n) is 10.6. The van der Waals surface area contributed by atoms with Crippen LogP contribution in [0.15, 0.2) is 0 Å². The molecule has 0 N–H and O–H groups in total. The number of methoxy groups -OCH3 is 1. The predicted molar refractivity (Wildman–Crippen MR) is 62.1 cm³/mol. The van der Waals surface area contributed by atoms with Crippen LogP contribution in [0.4, 0.5) is 0 Å². The van der Waals surface area contributed by atoms with Gasteiger partial charge in [-0.1, -0.05) is 6.92 Å². The highest BCUT2D eigenvalue weighted by Crippen LogP contribution is 2.00. The number of likely N-dealkylation sites (N-methyl/N-ethyl adjacent to an activating group) is 2. The van der Waals surface area contributed by atoms with Crippen molar-refractivity contribution in [3.8, 4) is 0 Å². The molecule has 0 rings (SSSR count). The molecule has 0 aromatic heterocycles. The van der Waals surface area contributed by atoms with Gasteiger partial charge in [0.1, 0.15) is 6.61 Å². The Morgan fingerprint density at radius 1 is 1.40 bits per heavy atom. The number of nitrogens with zero attached hydrogens (tertiary/aromatic N) is 2. The van der Waals surface area contributed by atoms with Gasteiger partial charge in [0.25, 0.3) is 0 Å². The second-order valence-electron chi connectivity index (χ2n) is 4.15. The number of carbonyl (C=O) groups excluding carboxylic acids is 1. The molecule has 0 spiro atoms. The first-order chi connectivity index (χ1) is 7.01. The van der Waals surface area contributed by atoms with Gasteiger partial charge < -0.3 is 9.64 Å². The maximum atomic E-state index is 11.4. The number of carbonyl (C=O) groups is 1. The van der Waals surface area contributed by atoms with Crippen molar-refractivity contribution in [3.05, 3.63) is 0 Å². The molecular formula is C11H24N2O2. The molecule has 4 nitrogen and oxygen atoms in total. The van der Waals surface area contributed by atoms with E-state index in [1.54, 1.807) is 7.11 Å². The molecule has 0 radical (unpaired) electrons. The molecule has 0 aliphatic heterocycles. The van der Waals surface area contributed by atoms with Gasteiger partial charge in [-0.3, -0.25) is 9.69 Å². The first-order valence-electron chi connectivity index (χ1n) is 5.40. The molecule has 1 unspecified atom stereocenters. The van der Waals surface area contributed by atoms with Crippen LogP contribution < -0.4 is 0 Å². The average molecular weight is 216 g/mol. The fourth-order valence-electron chi connectivity index (χ4n) is 1.66. The van der Waals surface area contributed by atoms with Crippen molar-refractivity contribution in [1.29, 1.82) is 0 Å². The second-order valence-corrected chi connectivity index (χ2v) is 4.15. The Hall–Kier alpha value is -0.450. The van der Waals surface area contributed by atoms with Gasteiger partial charge in [0.05, 0.1) is 6.54 Å². The lowest BCUT2D eigenvalue weighted by Gasteiger charge is -2.29. The minimum Gasteiger partial charge on any atom is -0.377 e. The molecule has 0 aromatic carbocycles. The van der Waals surface area contributed by atoms with E-state index in [1.807, 2.05) is 14.1 Å². The summed E-state index contributed by atoms with van der Waals surface area (Å²) < 4.78 is 4.82. The summed E-state index contributed by atoms with van der Waals surface area (Å²) in [5, 5.41) is 0. The summed E-state index contributed by atoms with van der Waals surface area (Å²) in [7, 11) is 5.64. The largest absolute Gasteiger partial charge is 0.377 e. The van der Waals surface area contributed by atoms with E-state index in [0.717, 1.165) is 13.1 Å². The molecular weight excluding hydrogens is 192 g/mol. The van der Waals surface area contributed by atoms with Crippen molar-refractivity contribution in [1.82, 2.24) is 9.80 Å². The summed E-state index contributed by atoms with van der Waals surface area (Å²) in [6.45, 7) is 6.78. The molecule has 0 fully saturated rings. The number of hydrogen-bond acceptors (Lipinski definition) is 4. The second kappa shape index (κ2) is 7.79. The molecule has 0 bridgehead atoms. The Morgan fingerprint density at radius 3 is 2.40 bits per heavy atom. The molecule has 0 saturated heterocycles. The van der Waals surface area contributed by atoms with E-state index >= 15 is 0 Å². The fraction of sp³-hybridized carbons (Fsp3) is 0.909. The Labute approximate surface area is 93.2 Å². The monoisotopic (exact) mass is 216 g/mol. The Balaban J connectivity index is 4.05. The topological polar surface area (TPSA) is 32.8 Å². The van der Waals surface area contributed by atoms with Gasteiger partial charge in [0.15, 0.2) is 5.78 Å². The molecule has 0 aliphatic carbocycles. The number of hydrogen-bond donors (Lipinski definition) is 0. The predicted octanol–water partition coefficient (Wildman–Crippen LogP) is 0.474. The summed E-state index contributed by atoms with van der Waals surface area (Å²) in [6, 6.07) is 0.394. The minimum atomic E-state index is 0.143. The quantitative estimate of drug-likeness (QED) is 0.590. The first kappa shape index (κ1) is 14.6. The van der Waals surface area contributed by atoms with Gasteiger partial charge >= 0.3 is 0 Å². The van der Waals surface area contributed by atoms with Crippen LogP contribution in [0.1, 0.15) is 13.8 Å². The number of rotatable bonds is 8. The van der Waals surface area contributed by atoms with Crippen LogP contribution in [0.25, 0.3) is 0 Å². The van der Waals surface area contributed by atoms with Crippen LogP contribution in [0, 0.1) is 0 Å². The minimum absolute atomic E-state index is 0.143. The Kier molecular flexibility index (Phi) is 7.56. The lowest BCUT2D eigenvalue weighted by Crippen LogP contribution is -2.43. The standard InChI is InChI=1S/C11H24N2O2/c1-6-13(8-11(14)9-15-5)10(2)7-12(3)4/h10H,6-9H2,1-5H3. The SMILES string of the molecule is CCN(CC(=O)COC)C(C)CN(C)C. The number of Topliss-reactive ketones (excluding diaryl/α,β-unsaturated/α-hetero) is 1. The van der Waals surface area contributed by atoms with Gasteiger partial charge in [-0.25, -0.2) is 0 Å². The van der Waals surface area contributed by atoms with Gasteiger partial charge in [-0.05, 0) is 27.6 Å². The van der Waals surface area contributed by atoms with Gasteiger partial charge in [0, 0.05) is 19.7 Å². The van der Waals surface area contributed by atoms with Crippen LogP contribution in [0.2, 0.25) is 0 Å². The summed E-state index contributed by atoms with van der Waals surface area (Å²) in [5.74, 6) is 0.143. The van der Waals surface area contributed by atoms with Crippen LogP contribution in [-0.4, -0.2) is 69.1 Å². The van der Waals surface area contributed by atoms with E-state index in [2.05, 4.69) is 23.6 Å². The normalized spacial score (nSPS) is 13.5. The summed E-state index contributed by atoms with van der Waals surface area (Å²) in [4.78, 5) is 15.7. The molecule has 90 valence electrons. The van der Waals surface area contributed by atoms with Crippen molar-refractivity contribution >= 4 is 5.78 Å². The van der Waals surface area contributed by atoms with Gasteiger partial charge in [-0.15, -0.1) is 0 Å². The average Bonchev–Trinajstić information content (AvgIpc) is 2.13. The maximum absolute atomic E-state index is 11.4. The molecule has 0 heterocycles. The summed E-state index contributed by atoms with van der Waals surface area (Å²) in [6.07, 6.45) is 0. The third-order valence-corrected chi connectivity index (χ3v) is 2.34. The highest BCUT2D eigenvalue weighted by Gasteiger charge is 2.15. The highest BCUT2D eigenvalue weighted by atomic mass is 16.5.